The average molecular weight is 344 g/mol. The lowest BCUT2D eigenvalue weighted by molar-refractivity contribution is -0.134. The van der Waals surface area contributed by atoms with Gasteiger partial charge in [-0.05, 0) is 30.0 Å². The van der Waals surface area contributed by atoms with Gasteiger partial charge in [0.25, 0.3) is 0 Å². The highest BCUT2D eigenvalue weighted by Gasteiger charge is 2.29. The van der Waals surface area contributed by atoms with Crippen LogP contribution in [0.3, 0.4) is 0 Å². The summed E-state index contributed by atoms with van der Waals surface area (Å²) >= 11 is 0. The summed E-state index contributed by atoms with van der Waals surface area (Å²) in [5.74, 6) is 0.000563. The van der Waals surface area contributed by atoms with Crippen molar-refractivity contribution < 1.29 is 23.0 Å². The van der Waals surface area contributed by atoms with Gasteiger partial charge in [-0.2, -0.15) is 8.78 Å². The highest BCUT2D eigenvalue weighted by atomic mass is 19.3. The Hall–Kier alpha value is -1.89. The number of carbonyl (C=O) groups is 1. The standard InChI is InChI=1S/C17H26F2N2O3/c1-6-23-13-9-11(7-8-12(13)24-16(18)19)10-21(5)15(22)14(20)17(2,3)4/h7-9,14,16H,6,10,20H2,1-5H3/t14-/m1/s1. The van der Waals surface area contributed by atoms with Crippen LogP contribution in [0.1, 0.15) is 33.3 Å². The molecule has 0 fully saturated rings. The maximum Gasteiger partial charge on any atom is 0.387 e. The molecular formula is C17H26F2N2O3. The maximum atomic E-state index is 12.4. The molecule has 0 saturated carbocycles. The number of benzene rings is 1. The summed E-state index contributed by atoms with van der Waals surface area (Å²) in [5.41, 5.74) is 6.37. The van der Waals surface area contributed by atoms with Crippen LogP contribution >= 0.6 is 0 Å². The number of alkyl halides is 2. The molecule has 7 heteroatoms. The van der Waals surface area contributed by atoms with E-state index in [1.54, 1.807) is 26.1 Å². The zero-order valence-corrected chi connectivity index (χ0v) is 14.8. The van der Waals surface area contributed by atoms with Crippen LogP contribution in [-0.4, -0.2) is 37.1 Å². The third kappa shape index (κ3) is 5.63. The van der Waals surface area contributed by atoms with E-state index in [1.165, 1.54) is 11.0 Å². The van der Waals surface area contributed by atoms with Crippen LogP contribution in [-0.2, 0) is 11.3 Å². The summed E-state index contributed by atoms with van der Waals surface area (Å²) in [5, 5.41) is 0. The molecule has 0 unspecified atom stereocenters. The zero-order valence-electron chi connectivity index (χ0n) is 14.8. The van der Waals surface area contributed by atoms with E-state index in [9.17, 15) is 13.6 Å². The van der Waals surface area contributed by atoms with Crippen molar-refractivity contribution in [1.29, 1.82) is 0 Å². The van der Waals surface area contributed by atoms with E-state index >= 15 is 0 Å². The van der Waals surface area contributed by atoms with E-state index in [1.807, 2.05) is 20.8 Å². The molecule has 0 aliphatic rings. The molecule has 0 heterocycles. The van der Waals surface area contributed by atoms with Crippen LogP contribution in [0, 0.1) is 5.41 Å². The molecule has 24 heavy (non-hydrogen) atoms. The second-order valence-corrected chi connectivity index (χ2v) is 6.63. The molecule has 2 N–H and O–H groups in total. The van der Waals surface area contributed by atoms with E-state index in [0.717, 1.165) is 5.56 Å². The SMILES string of the molecule is CCOc1cc(CN(C)C(=O)[C@@H](N)C(C)(C)C)ccc1OC(F)F. The highest BCUT2D eigenvalue weighted by molar-refractivity contribution is 5.82. The Labute approximate surface area is 141 Å². The second-order valence-electron chi connectivity index (χ2n) is 6.63. The third-order valence-electron chi connectivity index (χ3n) is 3.52. The summed E-state index contributed by atoms with van der Waals surface area (Å²) in [6.07, 6.45) is 0. The number of halogens is 2. The van der Waals surface area contributed by atoms with Gasteiger partial charge in [-0.15, -0.1) is 0 Å². The van der Waals surface area contributed by atoms with Gasteiger partial charge in [-0.25, -0.2) is 0 Å². The summed E-state index contributed by atoms with van der Waals surface area (Å²) in [6, 6.07) is 3.99. The minimum absolute atomic E-state index is 0.0315. The Morgan fingerprint density at radius 1 is 1.29 bits per heavy atom. The molecule has 0 radical (unpaired) electrons. The van der Waals surface area contributed by atoms with Crippen molar-refractivity contribution in [3.05, 3.63) is 23.8 Å². The van der Waals surface area contributed by atoms with Gasteiger partial charge in [0.1, 0.15) is 0 Å². The van der Waals surface area contributed by atoms with Crippen molar-refractivity contribution in [3.63, 3.8) is 0 Å². The molecule has 0 spiro atoms. The van der Waals surface area contributed by atoms with Gasteiger partial charge >= 0.3 is 6.61 Å². The smallest absolute Gasteiger partial charge is 0.387 e. The number of hydrogen-bond acceptors (Lipinski definition) is 4. The molecule has 0 aliphatic heterocycles. The number of nitrogens with two attached hydrogens (primary N) is 1. The summed E-state index contributed by atoms with van der Waals surface area (Å²) < 4.78 is 34.6. The normalized spacial score (nSPS) is 12.9. The van der Waals surface area contributed by atoms with Crippen LogP contribution in [0.15, 0.2) is 18.2 Å². The Morgan fingerprint density at radius 2 is 1.92 bits per heavy atom. The first kappa shape index (κ1) is 20.2. The first-order valence-corrected chi connectivity index (χ1v) is 7.77. The van der Waals surface area contributed by atoms with E-state index in [0.29, 0.717) is 6.61 Å². The van der Waals surface area contributed by atoms with Crippen molar-refractivity contribution in [2.24, 2.45) is 11.1 Å². The summed E-state index contributed by atoms with van der Waals surface area (Å²) in [4.78, 5) is 13.9. The van der Waals surface area contributed by atoms with Crippen molar-refractivity contribution in [1.82, 2.24) is 4.90 Å². The van der Waals surface area contributed by atoms with E-state index in [-0.39, 0.29) is 29.4 Å². The number of carbonyl (C=O) groups excluding carboxylic acids is 1. The monoisotopic (exact) mass is 344 g/mol. The van der Waals surface area contributed by atoms with Crippen molar-refractivity contribution in [2.75, 3.05) is 13.7 Å². The number of hydrogen-bond donors (Lipinski definition) is 1. The molecular weight excluding hydrogens is 318 g/mol. The van der Waals surface area contributed by atoms with Crippen molar-refractivity contribution >= 4 is 5.91 Å². The molecule has 0 saturated heterocycles. The van der Waals surface area contributed by atoms with E-state index in [2.05, 4.69) is 4.74 Å². The molecule has 1 aromatic rings. The fraction of sp³-hybridized carbons (Fsp3) is 0.588. The van der Waals surface area contributed by atoms with E-state index < -0.39 is 12.7 Å². The minimum Gasteiger partial charge on any atom is -0.490 e. The molecule has 1 atom stereocenters. The average Bonchev–Trinajstić information content (AvgIpc) is 2.47. The molecule has 5 nitrogen and oxygen atoms in total. The molecule has 136 valence electrons. The number of likely N-dealkylation sites (N-methyl/N-ethyl adjacent to an activating group) is 1. The fourth-order valence-electron chi connectivity index (χ4n) is 2.07. The largest absolute Gasteiger partial charge is 0.490 e. The Balaban J connectivity index is 2.91. The second kappa shape index (κ2) is 8.28. The van der Waals surface area contributed by atoms with Crippen LogP contribution in [0.2, 0.25) is 0 Å². The lowest BCUT2D eigenvalue weighted by Gasteiger charge is -2.30. The Bertz CT molecular complexity index is 559. The van der Waals surface area contributed by atoms with Crippen LogP contribution in [0.5, 0.6) is 11.5 Å². The summed E-state index contributed by atoms with van der Waals surface area (Å²) in [7, 11) is 1.65. The quantitative estimate of drug-likeness (QED) is 0.826. The van der Waals surface area contributed by atoms with Gasteiger partial charge < -0.3 is 20.1 Å². The van der Waals surface area contributed by atoms with Crippen molar-refractivity contribution in [2.45, 2.75) is 46.9 Å². The van der Waals surface area contributed by atoms with Crippen LogP contribution in [0.4, 0.5) is 8.78 Å². The topological polar surface area (TPSA) is 64.8 Å². The molecule has 0 aliphatic carbocycles. The first-order chi connectivity index (χ1) is 11.1. The van der Waals surface area contributed by atoms with Crippen LogP contribution < -0.4 is 15.2 Å². The first-order valence-electron chi connectivity index (χ1n) is 7.77. The maximum absolute atomic E-state index is 12.4. The molecule has 0 aromatic heterocycles. The van der Waals surface area contributed by atoms with Crippen LogP contribution in [0.25, 0.3) is 0 Å². The number of amides is 1. The molecule has 0 bridgehead atoms. The highest BCUT2D eigenvalue weighted by Crippen LogP contribution is 2.30. The van der Waals surface area contributed by atoms with Gasteiger partial charge in [0.05, 0.1) is 12.6 Å². The number of rotatable bonds is 7. The van der Waals surface area contributed by atoms with Gasteiger partial charge in [0.15, 0.2) is 11.5 Å². The molecule has 1 aromatic carbocycles. The van der Waals surface area contributed by atoms with Gasteiger partial charge in [-0.1, -0.05) is 26.8 Å². The predicted molar refractivity (Wildman–Crippen MR) is 88.1 cm³/mol. The Kier molecular flexibility index (Phi) is 6.95. The third-order valence-corrected chi connectivity index (χ3v) is 3.52. The minimum atomic E-state index is -2.93. The van der Waals surface area contributed by atoms with Gasteiger partial charge in [0.2, 0.25) is 5.91 Å². The Morgan fingerprint density at radius 3 is 2.42 bits per heavy atom. The predicted octanol–water partition coefficient (Wildman–Crippen LogP) is 3.02. The van der Waals surface area contributed by atoms with Gasteiger partial charge in [0, 0.05) is 13.6 Å². The van der Waals surface area contributed by atoms with E-state index in [4.69, 9.17) is 10.5 Å². The lowest BCUT2D eigenvalue weighted by Crippen LogP contribution is -2.48. The number of ether oxygens (including phenoxy) is 2. The number of nitrogens with zero attached hydrogens (tertiary/aromatic N) is 1. The van der Waals surface area contributed by atoms with Crippen molar-refractivity contribution in [3.8, 4) is 11.5 Å². The molecule has 1 rings (SSSR count). The lowest BCUT2D eigenvalue weighted by atomic mass is 9.86. The zero-order chi connectivity index (χ0) is 18.5. The van der Waals surface area contributed by atoms with Gasteiger partial charge in [-0.3, -0.25) is 4.79 Å². The fourth-order valence-corrected chi connectivity index (χ4v) is 2.07. The molecule has 1 amide bonds. The summed E-state index contributed by atoms with van der Waals surface area (Å²) in [6.45, 7) is 5.11.